The van der Waals surface area contributed by atoms with Crippen LogP contribution in [0.15, 0.2) is 47.0 Å². The molecule has 2 aromatic rings. The van der Waals surface area contributed by atoms with Gasteiger partial charge in [-0.3, -0.25) is 0 Å². The Hall–Kier alpha value is -1.94. The van der Waals surface area contributed by atoms with Crippen molar-refractivity contribution in [3.63, 3.8) is 0 Å². The molecule has 4 N–H and O–H groups in total. The summed E-state index contributed by atoms with van der Waals surface area (Å²) in [6.45, 7) is 1.85. The Morgan fingerprint density at radius 2 is 2.00 bits per heavy atom. The van der Waals surface area contributed by atoms with Gasteiger partial charge < -0.3 is 5.73 Å². The molecule has 0 saturated heterocycles. The van der Waals surface area contributed by atoms with Crippen molar-refractivity contribution in [2.24, 2.45) is 10.8 Å². The Morgan fingerprint density at radius 1 is 1.30 bits per heavy atom. The largest absolute Gasteiger partial charge is 0.343 e. The minimum absolute atomic E-state index is 0.00612. The maximum absolute atomic E-state index is 5.89. The van der Waals surface area contributed by atoms with E-state index in [1.807, 2.05) is 49.7 Å². The number of nitrogens with two attached hydrogens (primary N) is 1. The molecule has 0 bridgehead atoms. The third-order valence-electron chi connectivity index (χ3n) is 3.11. The van der Waals surface area contributed by atoms with Gasteiger partial charge in [0, 0.05) is 35.9 Å². The molecule has 0 aliphatic rings. The van der Waals surface area contributed by atoms with Crippen molar-refractivity contribution < 1.29 is 0 Å². The first kappa shape index (κ1) is 17.4. The van der Waals surface area contributed by atoms with Crippen LogP contribution in [-0.2, 0) is 0 Å². The van der Waals surface area contributed by atoms with E-state index in [1.54, 1.807) is 6.20 Å². The number of nitrogens with one attached hydrogen (secondary N) is 2. The first-order chi connectivity index (χ1) is 10.9. The Labute approximate surface area is 149 Å². The summed E-state index contributed by atoms with van der Waals surface area (Å²) in [5, 5.41) is 7.48. The van der Waals surface area contributed by atoms with E-state index in [0.717, 1.165) is 16.4 Å². The monoisotopic (exact) mass is 365 g/mol. The van der Waals surface area contributed by atoms with Crippen LogP contribution in [-0.4, -0.2) is 28.0 Å². The number of hydrogen-bond donors (Lipinski definition) is 3. The number of benzene rings is 1. The van der Waals surface area contributed by atoms with Crippen LogP contribution in [0.25, 0.3) is 0 Å². The molecule has 23 heavy (non-hydrogen) atoms. The van der Waals surface area contributed by atoms with E-state index < -0.39 is 0 Å². The van der Waals surface area contributed by atoms with Crippen LogP contribution in [0.1, 0.15) is 11.9 Å². The molecule has 9 heteroatoms. The van der Waals surface area contributed by atoms with Crippen molar-refractivity contribution >= 4 is 57.4 Å². The Kier molecular flexibility index (Phi) is 5.72. The third-order valence-corrected chi connectivity index (χ3v) is 4.54. The van der Waals surface area contributed by atoms with Gasteiger partial charge in [-0.25, -0.2) is 10.4 Å². The zero-order valence-corrected chi connectivity index (χ0v) is 15.1. The lowest BCUT2D eigenvalue weighted by atomic mass is 10.3. The van der Waals surface area contributed by atoms with Crippen molar-refractivity contribution in [1.29, 1.82) is 0 Å². The molecule has 6 nitrogen and oxygen atoms in total. The van der Waals surface area contributed by atoms with Crippen LogP contribution >= 0.6 is 35.8 Å². The minimum Gasteiger partial charge on any atom is -0.343 e. The fourth-order valence-corrected chi connectivity index (χ4v) is 2.75. The van der Waals surface area contributed by atoms with Gasteiger partial charge in [-0.2, -0.15) is 10.5 Å². The number of thiocarbonyl (C=S) groups is 2. The van der Waals surface area contributed by atoms with E-state index in [1.165, 1.54) is 11.3 Å². The van der Waals surface area contributed by atoms with Gasteiger partial charge in [0.1, 0.15) is 12.1 Å². The topological polar surface area (TPSA) is 75.3 Å². The van der Waals surface area contributed by atoms with Gasteiger partial charge in [0.15, 0.2) is 5.69 Å². The molecule has 0 aliphatic heterocycles. The number of aromatic nitrogens is 1. The second kappa shape index (κ2) is 7.55. The van der Waals surface area contributed by atoms with Gasteiger partial charge >= 0.3 is 0 Å². The van der Waals surface area contributed by atoms with Crippen LogP contribution in [0.3, 0.4) is 0 Å². The Balaban J connectivity index is 2.10. The molecule has 0 aliphatic carbocycles. The summed E-state index contributed by atoms with van der Waals surface area (Å²) in [4.78, 5) is 4.18. The van der Waals surface area contributed by atoms with Crippen molar-refractivity contribution in [3.05, 3.63) is 46.9 Å². The zero-order chi connectivity index (χ0) is 16.9. The van der Waals surface area contributed by atoms with Crippen molar-refractivity contribution in [1.82, 2.24) is 20.4 Å². The molecule has 0 spiro atoms. The second-order valence-corrected chi connectivity index (χ2v) is 6.49. The highest BCUT2D eigenvalue weighted by molar-refractivity contribution is 7.80. The predicted molar refractivity (Wildman–Crippen MR) is 104 cm³/mol. The van der Waals surface area contributed by atoms with Gasteiger partial charge in [-0.1, -0.05) is 18.2 Å². The molecule has 1 aromatic carbocycles. The van der Waals surface area contributed by atoms with E-state index in [0.29, 0.717) is 5.11 Å². The van der Waals surface area contributed by atoms with Crippen LogP contribution < -0.4 is 21.2 Å². The number of para-hydroxylation sites is 1. The fraction of sp³-hybridized carbons (Fsp3) is 0.143. The van der Waals surface area contributed by atoms with Gasteiger partial charge in [0.25, 0.3) is 5.11 Å². The number of hydrazone groups is 1. The number of thiazole rings is 1. The van der Waals surface area contributed by atoms with Gasteiger partial charge in [-0.05, 0) is 19.1 Å². The number of hydrogen-bond acceptors (Lipinski definition) is 5. The molecule has 1 heterocycles. The summed E-state index contributed by atoms with van der Waals surface area (Å²) < 4.78 is -0.00612. The lowest BCUT2D eigenvalue weighted by Crippen LogP contribution is -2.65. The van der Waals surface area contributed by atoms with Crippen LogP contribution in [0.5, 0.6) is 0 Å². The van der Waals surface area contributed by atoms with Crippen molar-refractivity contribution in [3.8, 4) is 0 Å². The summed E-state index contributed by atoms with van der Waals surface area (Å²) in [7, 11) is 1.82. The molecule has 0 amide bonds. The Bertz CT molecular complexity index is 713. The first-order valence-electron chi connectivity index (χ1n) is 6.68. The van der Waals surface area contributed by atoms with Crippen LogP contribution in [0, 0.1) is 0 Å². The van der Waals surface area contributed by atoms with Crippen molar-refractivity contribution in [2.45, 2.75) is 6.92 Å². The lowest BCUT2D eigenvalue weighted by Gasteiger charge is -2.31. The average Bonchev–Trinajstić information content (AvgIpc) is 3.07. The Morgan fingerprint density at radius 3 is 2.57 bits per heavy atom. The smallest absolute Gasteiger partial charge is 0.297 e. The van der Waals surface area contributed by atoms with E-state index in [-0.39, 0.29) is 9.70 Å². The molecular weight excluding hydrogens is 348 g/mol. The summed E-state index contributed by atoms with van der Waals surface area (Å²) in [6, 6.07) is 9.57. The number of quaternary nitrogens is 1. The number of rotatable bonds is 3. The van der Waals surface area contributed by atoms with Gasteiger partial charge in [-0.15, -0.1) is 15.9 Å². The average molecular weight is 366 g/mol. The first-order valence-corrected chi connectivity index (χ1v) is 8.37. The van der Waals surface area contributed by atoms with Crippen LogP contribution in [0.4, 0.5) is 5.69 Å². The molecule has 0 saturated carbocycles. The normalized spacial score (nSPS) is 13.9. The molecule has 2 rings (SSSR count). The van der Waals surface area contributed by atoms with E-state index in [4.69, 9.17) is 30.2 Å². The molecule has 1 atom stereocenters. The molecule has 0 fully saturated rings. The number of nitrogens with zero attached hydrogens (tertiary/aromatic N) is 3. The van der Waals surface area contributed by atoms with Gasteiger partial charge in [0.2, 0.25) is 5.11 Å². The highest BCUT2D eigenvalue weighted by Crippen LogP contribution is 2.17. The second-order valence-electron chi connectivity index (χ2n) is 4.77. The maximum Gasteiger partial charge on any atom is 0.297 e. The summed E-state index contributed by atoms with van der Waals surface area (Å²) in [5.74, 6) is 0. The van der Waals surface area contributed by atoms with E-state index in [9.17, 15) is 0 Å². The highest BCUT2D eigenvalue weighted by atomic mass is 32.1. The predicted octanol–water partition coefficient (Wildman–Crippen LogP) is 2.13. The SMILES string of the molecule is C/C(=N/NC(=S)N[N+](C)(C(N)=S)c1ccccc1)c1nccs1. The fourth-order valence-electron chi connectivity index (χ4n) is 1.79. The minimum atomic E-state index is -0.00612. The zero-order valence-electron chi connectivity index (χ0n) is 12.7. The molecule has 1 aromatic heterocycles. The quantitative estimate of drug-likeness (QED) is 0.335. The van der Waals surface area contributed by atoms with E-state index in [2.05, 4.69) is 20.9 Å². The third kappa shape index (κ3) is 4.29. The molecule has 120 valence electrons. The standard InChI is InChI=1S/C14H16N6S3/c1-10(12-16-8-9-23-12)17-18-14(22)19-20(2,13(15)21)11-6-4-3-5-7-11/h3-9H,1-2H3,(H3-,15,16,18,19,21,22)/p+1. The molecular formula is C14H17N6S3+. The summed E-state index contributed by atoms with van der Waals surface area (Å²) >= 11 is 12.0. The highest BCUT2D eigenvalue weighted by Gasteiger charge is 2.30. The van der Waals surface area contributed by atoms with E-state index >= 15 is 0 Å². The van der Waals surface area contributed by atoms with Gasteiger partial charge in [0.05, 0.1) is 5.71 Å². The lowest BCUT2D eigenvalue weighted by molar-refractivity contribution is 0.443. The summed E-state index contributed by atoms with van der Waals surface area (Å²) in [6.07, 6.45) is 1.73. The summed E-state index contributed by atoms with van der Waals surface area (Å²) in [5.41, 5.74) is 13.4. The maximum atomic E-state index is 5.89. The molecule has 0 radical (unpaired) electrons. The van der Waals surface area contributed by atoms with Crippen molar-refractivity contribution in [2.75, 3.05) is 7.05 Å². The molecule has 1 unspecified atom stereocenters. The van der Waals surface area contributed by atoms with Crippen LogP contribution in [0.2, 0.25) is 0 Å².